The van der Waals surface area contributed by atoms with E-state index in [-0.39, 0.29) is 95.1 Å². The first kappa shape index (κ1) is 45.6. The van der Waals surface area contributed by atoms with Crippen LogP contribution in [-0.2, 0) is 0 Å². The van der Waals surface area contributed by atoms with Gasteiger partial charge >= 0.3 is 231 Å². The molecule has 0 N–H and O–H groups in total. The van der Waals surface area contributed by atoms with Gasteiger partial charge in [0.2, 0.25) is 0 Å². The summed E-state index contributed by atoms with van der Waals surface area (Å²) < 4.78 is 171. The van der Waals surface area contributed by atoms with Crippen LogP contribution < -0.4 is 0 Å². The average molecular weight is 1370 g/mol. The van der Waals surface area contributed by atoms with Crippen molar-refractivity contribution >= 4 is 227 Å². The summed E-state index contributed by atoms with van der Waals surface area (Å²) in [5.41, 5.74) is 5.62. The molecule has 0 unspecified atom stereocenters. The molecule has 0 aliphatic carbocycles. The normalized spacial score (nSPS) is 11.9. The quantitative estimate of drug-likeness (QED) is 0.105. The maximum atomic E-state index is 14.1. The van der Waals surface area contributed by atoms with Crippen molar-refractivity contribution in [2.45, 2.75) is 0 Å². The van der Waals surface area contributed by atoms with Gasteiger partial charge in [0.1, 0.15) is 67.4 Å². The molecule has 0 atom stereocenters. The Balaban J connectivity index is 0.0000000933. The molecule has 72 heavy (non-hydrogen) atoms. The van der Waals surface area contributed by atoms with Crippen molar-refractivity contribution in [3.05, 3.63) is 95.1 Å². The van der Waals surface area contributed by atoms with Gasteiger partial charge < -0.3 is 0 Å². The maximum Gasteiger partial charge on any atom is 0.146 e. The minimum absolute atomic E-state index is 0.0468. The second-order valence-corrected chi connectivity index (χ2v) is 21.2. The molecule has 352 valence electrons. The summed E-state index contributed by atoms with van der Waals surface area (Å²) in [7, 11) is 0. The van der Waals surface area contributed by atoms with Gasteiger partial charge in [0.25, 0.3) is 0 Å². The predicted octanol–water partition coefficient (Wildman–Crippen LogP) is 7.55. The van der Waals surface area contributed by atoms with Crippen LogP contribution in [0.2, 0.25) is 0 Å². The first-order valence-corrected chi connectivity index (χ1v) is 28.3. The molecule has 18 nitrogen and oxygen atoms in total. The van der Waals surface area contributed by atoms with Gasteiger partial charge in [-0.15, -0.1) is 0 Å². The van der Waals surface area contributed by atoms with E-state index < -0.39 is 88.5 Å². The van der Waals surface area contributed by atoms with E-state index in [1.54, 1.807) is 0 Å². The topological polar surface area (TPSA) is 233 Å². The summed E-state index contributed by atoms with van der Waals surface area (Å²) in [5.74, 6) is -4.46. The Morgan fingerprint density at radius 1 is 0.306 bits per heavy atom. The first-order valence-electron chi connectivity index (χ1n) is 19.6. The number of fused-ring (bicyclic) bond motifs is 20. The number of hydrogen-bond acceptors (Lipinski definition) is 20. The van der Waals surface area contributed by atoms with E-state index in [1.807, 2.05) is 0 Å². The van der Waals surface area contributed by atoms with Crippen LogP contribution in [0, 0.1) is 46.5 Å². The molecule has 0 radical (unpaired) electrons. The number of hydrogen-bond donors (Lipinski definition) is 0. The fourth-order valence-corrected chi connectivity index (χ4v) is 14.4. The Morgan fingerprint density at radius 2 is 0.625 bits per heavy atom. The molecule has 8 aromatic carbocycles. The fourth-order valence-electron chi connectivity index (χ4n) is 8.05. The molecule has 0 fully saturated rings. The van der Waals surface area contributed by atoms with Crippen molar-refractivity contribution in [1.29, 1.82) is 0 Å². The number of aromatic nitrogens is 16. The minimum Gasteiger partial charge on any atom is -0.243 e. The molecule has 16 rings (SSSR count). The van der Waals surface area contributed by atoms with Crippen molar-refractivity contribution in [2.75, 3.05) is 0 Å². The third-order valence-electron chi connectivity index (χ3n) is 11.0. The van der Waals surface area contributed by atoms with E-state index in [4.69, 9.17) is 0 Å². The second kappa shape index (κ2) is 17.7. The standard InChI is InChI=1S/C10H2F2N4O2.C10H2F2N4S2.C10H2F2N4Se2.C10H2F2N4Te2/c4*11-3-1-5-9(15-17-13-5)8-4(12)2-6-10(7(3)8)16-18-14-6/h4*1-2H. The van der Waals surface area contributed by atoms with Gasteiger partial charge in [-0.05, 0) is 20.6 Å². The van der Waals surface area contributed by atoms with Crippen molar-refractivity contribution < 1.29 is 44.4 Å². The Kier molecular flexibility index (Phi) is 11.2. The van der Waals surface area contributed by atoms with Crippen molar-refractivity contribution in [3.63, 3.8) is 0 Å². The van der Waals surface area contributed by atoms with Crippen LogP contribution in [0.15, 0.2) is 57.8 Å². The minimum atomic E-state index is -0.896. The molecule has 8 heterocycles. The van der Waals surface area contributed by atoms with E-state index in [1.165, 1.54) is 36.4 Å². The van der Waals surface area contributed by atoms with Gasteiger partial charge in [-0.1, -0.05) is 0 Å². The molecule has 0 aliphatic rings. The van der Waals surface area contributed by atoms with Crippen LogP contribution in [0.3, 0.4) is 0 Å². The molecular formula is C40H8F8N16O2S2Se2Te2. The molecular weight excluding hydrogens is 1370 g/mol. The maximum absolute atomic E-state index is 14.1. The number of benzene rings is 8. The second-order valence-electron chi connectivity index (χ2n) is 14.9. The zero-order chi connectivity index (χ0) is 49.1. The molecule has 0 saturated heterocycles. The summed E-state index contributed by atoms with van der Waals surface area (Å²) in [6, 6.07) is 9.95. The van der Waals surface area contributed by atoms with Crippen LogP contribution in [0.4, 0.5) is 35.1 Å². The summed E-state index contributed by atoms with van der Waals surface area (Å²) in [6.07, 6.45) is 0. The SMILES string of the molecule is Fc1cc2n[se]nc2c2c(F)cc3n[se]nc3c12.Fc1cc2n[te]nc2c2c(F)cc3n[te]nc3c12.Fc1cc2nonc2c2c(F)cc3nonc3c12.Fc1cc2nsnc2c2c(F)cc3nsnc3c12. The molecule has 0 spiro atoms. The predicted molar refractivity (Wildman–Crippen MR) is 248 cm³/mol. The summed E-state index contributed by atoms with van der Waals surface area (Å²) >= 11 is -0.579. The molecule has 0 bridgehead atoms. The van der Waals surface area contributed by atoms with Crippen molar-refractivity contribution in [3.8, 4) is 0 Å². The molecule has 32 heteroatoms. The zero-order valence-corrected chi connectivity index (χ0v) is 43.8. The van der Waals surface area contributed by atoms with Crippen molar-refractivity contribution in [2.24, 2.45) is 0 Å². The molecule has 16 aromatic rings. The van der Waals surface area contributed by atoms with E-state index in [0.29, 0.717) is 66.2 Å². The fraction of sp³-hybridized carbons (Fsp3) is 0. The molecule has 8 aromatic heterocycles. The van der Waals surface area contributed by atoms with E-state index in [2.05, 4.69) is 76.1 Å². The molecule has 0 saturated carbocycles. The average Bonchev–Trinajstić information content (AvgIpc) is 4.21. The van der Waals surface area contributed by atoms with Crippen LogP contribution in [0.25, 0.3) is 131 Å². The van der Waals surface area contributed by atoms with Gasteiger partial charge in [0, 0.05) is 24.3 Å². The van der Waals surface area contributed by atoms with Crippen LogP contribution in [0.1, 0.15) is 0 Å². The van der Waals surface area contributed by atoms with Gasteiger partial charge in [0.15, 0.2) is 0 Å². The van der Waals surface area contributed by atoms with E-state index in [0.717, 1.165) is 35.6 Å². The van der Waals surface area contributed by atoms with Crippen LogP contribution in [-0.4, -0.2) is 139 Å². The third-order valence-corrected chi connectivity index (χ3v) is 17.5. The van der Waals surface area contributed by atoms with Crippen molar-refractivity contribution in [1.82, 2.24) is 66.9 Å². The molecule has 0 aliphatic heterocycles. The third kappa shape index (κ3) is 7.26. The Hall–Kier alpha value is -6.30. The summed E-state index contributed by atoms with van der Waals surface area (Å²) in [5, 5.41) is 15.1. The summed E-state index contributed by atoms with van der Waals surface area (Å²) in [6.45, 7) is 0. The van der Waals surface area contributed by atoms with Gasteiger partial charge in [0.05, 0.1) is 45.0 Å². The van der Waals surface area contributed by atoms with Crippen LogP contribution in [0.5, 0.6) is 0 Å². The number of nitrogens with zero attached hydrogens (tertiary/aromatic N) is 16. The Labute approximate surface area is 429 Å². The number of halogens is 8. The Morgan fingerprint density at radius 3 is 1.03 bits per heavy atom. The molecule has 0 amide bonds. The number of rotatable bonds is 0. The largest absolute Gasteiger partial charge is 0.243 e. The monoisotopic (exact) mass is 1380 g/mol. The Bertz CT molecular complexity index is 3980. The first-order chi connectivity index (χ1) is 35.0. The van der Waals surface area contributed by atoms with E-state index in [9.17, 15) is 35.1 Å². The van der Waals surface area contributed by atoms with Gasteiger partial charge in [-0.3, -0.25) is 0 Å². The van der Waals surface area contributed by atoms with Gasteiger partial charge in [-0.2, -0.15) is 17.5 Å². The van der Waals surface area contributed by atoms with E-state index >= 15 is 0 Å². The van der Waals surface area contributed by atoms with Gasteiger partial charge in [-0.25, -0.2) is 26.8 Å². The smallest absolute Gasteiger partial charge is 0.146 e. The zero-order valence-electron chi connectivity index (χ0n) is 34.1. The summed E-state index contributed by atoms with van der Waals surface area (Å²) in [4.78, 5) is 0. The van der Waals surface area contributed by atoms with Crippen LogP contribution >= 0.6 is 23.5 Å².